The van der Waals surface area contributed by atoms with Crippen molar-refractivity contribution in [2.24, 2.45) is 0 Å². The first-order valence-electron chi connectivity index (χ1n) is 8.22. The van der Waals surface area contributed by atoms with Crippen LogP contribution in [0.25, 0.3) is 0 Å². The smallest absolute Gasteiger partial charge is 0.341 e. The maximum Gasteiger partial charge on any atom is 0.341 e. The van der Waals surface area contributed by atoms with Gasteiger partial charge in [-0.3, -0.25) is 0 Å². The first kappa shape index (κ1) is 17.0. The predicted molar refractivity (Wildman–Crippen MR) is 86.0 cm³/mol. The molecule has 0 radical (unpaired) electrons. The summed E-state index contributed by atoms with van der Waals surface area (Å²) in [7, 11) is 0. The number of aliphatic hydroxyl groups excluding tert-OH is 1. The van der Waals surface area contributed by atoms with Gasteiger partial charge >= 0.3 is 5.97 Å². The van der Waals surface area contributed by atoms with Crippen molar-refractivity contribution in [1.29, 1.82) is 0 Å². The van der Waals surface area contributed by atoms with Crippen molar-refractivity contribution < 1.29 is 28.8 Å². The molecule has 132 valence electrons. The van der Waals surface area contributed by atoms with Gasteiger partial charge in [0.05, 0.1) is 38.6 Å². The summed E-state index contributed by atoms with van der Waals surface area (Å²) in [6.07, 6.45) is 1.37. The number of benzene rings is 1. The maximum atomic E-state index is 12.4. The lowest BCUT2D eigenvalue weighted by atomic mass is 10.1. The third-order valence-electron chi connectivity index (χ3n) is 4.14. The largest absolute Gasteiger partial charge is 0.487 e. The number of hydrogen-bond acceptors (Lipinski definition) is 7. The molecule has 7 nitrogen and oxygen atoms in total. The molecule has 1 aromatic rings. The molecule has 2 aliphatic heterocycles. The minimum absolute atomic E-state index is 0.0615. The van der Waals surface area contributed by atoms with Crippen LogP contribution in [0.15, 0.2) is 18.2 Å². The van der Waals surface area contributed by atoms with Crippen LogP contribution in [0, 0.1) is 0 Å². The van der Waals surface area contributed by atoms with Gasteiger partial charge in [0.2, 0.25) is 0 Å². The van der Waals surface area contributed by atoms with Crippen molar-refractivity contribution in [2.45, 2.75) is 37.6 Å². The van der Waals surface area contributed by atoms with Gasteiger partial charge in [-0.05, 0) is 18.2 Å². The Morgan fingerprint density at radius 3 is 2.96 bits per heavy atom. The third-order valence-corrected chi connectivity index (χ3v) is 4.14. The van der Waals surface area contributed by atoms with E-state index in [0.717, 1.165) is 6.42 Å². The van der Waals surface area contributed by atoms with E-state index in [1.54, 1.807) is 18.2 Å². The maximum absolute atomic E-state index is 12.4. The Bertz CT molecular complexity index is 572. The average Bonchev–Trinajstić information content (AvgIpc) is 3.21. The highest BCUT2D eigenvalue weighted by Crippen LogP contribution is 2.25. The van der Waals surface area contributed by atoms with Crippen LogP contribution >= 0.6 is 0 Å². The average molecular weight is 337 g/mol. The van der Waals surface area contributed by atoms with E-state index >= 15 is 0 Å². The van der Waals surface area contributed by atoms with Crippen molar-refractivity contribution in [1.82, 2.24) is 0 Å². The van der Waals surface area contributed by atoms with Crippen LogP contribution in [0.2, 0.25) is 0 Å². The van der Waals surface area contributed by atoms with Crippen molar-refractivity contribution in [2.75, 3.05) is 32.2 Å². The molecule has 3 unspecified atom stereocenters. The van der Waals surface area contributed by atoms with Crippen LogP contribution < -0.4 is 10.5 Å². The molecular formula is C17H23NO6. The van der Waals surface area contributed by atoms with Gasteiger partial charge in [0.1, 0.15) is 17.4 Å². The zero-order chi connectivity index (χ0) is 16.9. The number of nitrogens with two attached hydrogens (primary N) is 1. The standard InChI is InChI=1S/C17H23NO6/c18-11-1-2-16(24-14-3-5-21-10-14)15(7-11)17(20)22-6-4-13-8-12(19)9-23-13/h1-2,7,12-14,19H,3-6,8-10,18H2. The van der Waals surface area contributed by atoms with E-state index < -0.39 is 12.1 Å². The molecule has 0 aromatic heterocycles. The first-order chi connectivity index (χ1) is 11.6. The molecule has 1 aromatic carbocycles. The lowest BCUT2D eigenvalue weighted by Crippen LogP contribution is -2.19. The summed E-state index contributed by atoms with van der Waals surface area (Å²) < 4.78 is 21.8. The summed E-state index contributed by atoms with van der Waals surface area (Å²) >= 11 is 0. The second kappa shape index (κ2) is 7.83. The SMILES string of the molecule is Nc1ccc(OC2CCOC2)c(C(=O)OCCC2CC(O)CO2)c1. The molecule has 3 atom stereocenters. The zero-order valence-corrected chi connectivity index (χ0v) is 13.5. The highest BCUT2D eigenvalue weighted by atomic mass is 16.6. The van der Waals surface area contributed by atoms with E-state index in [9.17, 15) is 9.90 Å². The van der Waals surface area contributed by atoms with Gasteiger partial charge in [0.15, 0.2) is 0 Å². The highest BCUT2D eigenvalue weighted by Gasteiger charge is 2.25. The number of esters is 1. The molecule has 3 N–H and O–H groups in total. The van der Waals surface area contributed by atoms with Crippen LogP contribution in [0.1, 0.15) is 29.6 Å². The molecule has 2 heterocycles. The minimum Gasteiger partial charge on any atom is -0.487 e. The number of hydrogen-bond donors (Lipinski definition) is 2. The van der Waals surface area contributed by atoms with E-state index in [4.69, 9.17) is 24.7 Å². The fourth-order valence-electron chi connectivity index (χ4n) is 2.84. The topological polar surface area (TPSA) is 100 Å². The molecular weight excluding hydrogens is 314 g/mol. The van der Waals surface area contributed by atoms with Crippen LogP contribution in [0.3, 0.4) is 0 Å². The second-order valence-electron chi connectivity index (χ2n) is 6.13. The van der Waals surface area contributed by atoms with E-state index in [0.29, 0.717) is 49.7 Å². The first-order valence-corrected chi connectivity index (χ1v) is 8.22. The van der Waals surface area contributed by atoms with Gasteiger partial charge in [-0.1, -0.05) is 0 Å². The van der Waals surface area contributed by atoms with Crippen LogP contribution in [-0.4, -0.2) is 55.8 Å². The van der Waals surface area contributed by atoms with Gasteiger partial charge < -0.3 is 29.8 Å². The summed E-state index contributed by atoms with van der Waals surface area (Å²) in [5, 5.41) is 9.42. The third kappa shape index (κ3) is 4.37. The molecule has 0 bridgehead atoms. The molecule has 7 heteroatoms. The molecule has 2 saturated heterocycles. The molecule has 24 heavy (non-hydrogen) atoms. The lowest BCUT2D eigenvalue weighted by molar-refractivity contribution is 0.0366. The normalized spacial score (nSPS) is 26.5. The van der Waals surface area contributed by atoms with Crippen molar-refractivity contribution >= 4 is 11.7 Å². The van der Waals surface area contributed by atoms with E-state index in [1.807, 2.05) is 0 Å². The van der Waals surface area contributed by atoms with Crippen molar-refractivity contribution in [3.05, 3.63) is 23.8 Å². The summed E-state index contributed by atoms with van der Waals surface area (Å²) in [6.45, 7) is 1.74. The Kier molecular flexibility index (Phi) is 5.55. The van der Waals surface area contributed by atoms with Crippen LogP contribution in [-0.2, 0) is 14.2 Å². The number of rotatable bonds is 6. The quantitative estimate of drug-likeness (QED) is 0.593. The number of anilines is 1. The summed E-state index contributed by atoms with van der Waals surface area (Å²) in [5.74, 6) is -0.0213. The van der Waals surface area contributed by atoms with Crippen LogP contribution in [0.5, 0.6) is 5.75 Å². The monoisotopic (exact) mass is 337 g/mol. The highest BCUT2D eigenvalue weighted by molar-refractivity contribution is 5.93. The molecule has 2 fully saturated rings. The van der Waals surface area contributed by atoms with Gasteiger partial charge in [0, 0.05) is 24.9 Å². The Morgan fingerprint density at radius 2 is 2.25 bits per heavy atom. The second-order valence-corrected chi connectivity index (χ2v) is 6.13. The van der Waals surface area contributed by atoms with Gasteiger partial charge in [0.25, 0.3) is 0 Å². The van der Waals surface area contributed by atoms with Crippen molar-refractivity contribution in [3.63, 3.8) is 0 Å². The molecule has 0 aliphatic carbocycles. The van der Waals surface area contributed by atoms with Crippen molar-refractivity contribution in [3.8, 4) is 5.75 Å². The number of nitrogen functional groups attached to an aromatic ring is 1. The van der Waals surface area contributed by atoms with E-state index in [1.165, 1.54) is 0 Å². The molecule has 0 saturated carbocycles. The minimum atomic E-state index is -0.477. The Balaban J connectivity index is 1.57. The molecule has 0 spiro atoms. The van der Waals surface area contributed by atoms with Gasteiger partial charge in [-0.25, -0.2) is 4.79 Å². The fourth-order valence-corrected chi connectivity index (χ4v) is 2.84. The summed E-state index contributed by atoms with van der Waals surface area (Å²) in [5.41, 5.74) is 6.57. The summed E-state index contributed by atoms with van der Waals surface area (Å²) in [4.78, 5) is 12.4. The number of aliphatic hydroxyl groups is 1. The molecule has 2 aliphatic rings. The molecule has 3 rings (SSSR count). The Morgan fingerprint density at radius 1 is 1.38 bits per heavy atom. The number of carbonyl (C=O) groups excluding carboxylic acids is 1. The van der Waals surface area contributed by atoms with E-state index in [-0.39, 0.29) is 18.8 Å². The zero-order valence-electron chi connectivity index (χ0n) is 13.5. The summed E-state index contributed by atoms with van der Waals surface area (Å²) in [6, 6.07) is 4.93. The molecule has 0 amide bonds. The van der Waals surface area contributed by atoms with Gasteiger partial charge in [-0.15, -0.1) is 0 Å². The lowest BCUT2D eigenvalue weighted by Gasteiger charge is -2.16. The Hall–Kier alpha value is -1.83. The fraction of sp³-hybridized carbons (Fsp3) is 0.588. The van der Waals surface area contributed by atoms with Crippen LogP contribution in [0.4, 0.5) is 5.69 Å². The predicted octanol–water partition coefficient (Wildman–Crippen LogP) is 1.13. The number of ether oxygens (including phenoxy) is 4. The van der Waals surface area contributed by atoms with E-state index in [2.05, 4.69) is 0 Å². The Labute approximate surface area is 140 Å². The number of carbonyl (C=O) groups is 1. The van der Waals surface area contributed by atoms with Gasteiger partial charge in [-0.2, -0.15) is 0 Å².